The van der Waals surface area contributed by atoms with Crippen molar-refractivity contribution in [3.8, 4) is 5.69 Å². The first kappa shape index (κ1) is 17.3. The van der Waals surface area contributed by atoms with Gasteiger partial charge in [-0.2, -0.15) is 0 Å². The molecule has 8 heteroatoms. The Kier molecular flexibility index (Phi) is 4.74. The Labute approximate surface area is 149 Å². The molecule has 26 heavy (non-hydrogen) atoms. The number of carbonyl (C=O) groups is 2. The van der Waals surface area contributed by atoms with E-state index in [1.807, 2.05) is 18.2 Å². The molecule has 8 nitrogen and oxygen atoms in total. The van der Waals surface area contributed by atoms with Gasteiger partial charge in [0.05, 0.1) is 29.8 Å². The minimum Gasteiger partial charge on any atom is -0.472 e. The molecule has 134 valence electrons. The predicted molar refractivity (Wildman–Crippen MR) is 95.4 cm³/mol. The van der Waals surface area contributed by atoms with Crippen molar-refractivity contribution in [2.24, 2.45) is 7.05 Å². The van der Waals surface area contributed by atoms with E-state index in [4.69, 9.17) is 4.42 Å². The molecule has 0 atom stereocenters. The Morgan fingerprint density at radius 2 is 1.88 bits per heavy atom. The van der Waals surface area contributed by atoms with Crippen LogP contribution < -0.4 is 16.2 Å². The fourth-order valence-electron chi connectivity index (χ4n) is 2.55. The molecular weight excluding hydrogens is 336 g/mol. The number of para-hydroxylation sites is 1. The van der Waals surface area contributed by atoms with E-state index in [1.54, 1.807) is 30.8 Å². The number of aromatic nitrogens is 2. The van der Waals surface area contributed by atoms with Crippen LogP contribution in [0.1, 0.15) is 16.1 Å². The first-order valence-corrected chi connectivity index (χ1v) is 7.93. The zero-order valence-electron chi connectivity index (χ0n) is 14.4. The molecule has 0 bridgehead atoms. The first-order chi connectivity index (χ1) is 12.5. The van der Waals surface area contributed by atoms with E-state index in [0.29, 0.717) is 16.9 Å². The van der Waals surface area contributed by atoms with E-state index in [2.05, 4.69) is 10.6 Å². The van der Waals surface area contributed by atoms with E-state index >= 15 is 0 Å². The number of nitrogens with zero attached hydrogens (tertiary/aromatic N) is 2. The van der Waals surface area contributed by atoms with Gasteiger partial charge in [0, 0.05) is 7.05 Å². The van der Waals surface area contributed by atoms with Crippen LogP contribution in [0.2, 0.25) is 0 Å². The highest BCUT2D eigenvalue weighted by molar-refractivity contribution is 5.99. The van der Waals surface area contributed by atoms with Crippen LogP contribution in [0.4, 0.5) is 5.69 Å². The summed E-state index contributed by atoms with van der Waals surface area (Å²) in [5.74, 6) is -0.923. The van der Waals surface area contributed by atoms with Crippen molar-refractivity contribution >= 4 is 17.5 Å². The lowest BCUT2D eigenvalue weighted by Gasteiger charge is -2.07. The van der Waals surface area contributed by atoms with Gasteiger partial charge in [0.15, 0.2) is 0 Å². The average molecular weight is 354 g/mol. The molecule has 0 saturated carbocycles. The summed E-state index contributed by atoms with van der Waals surface area (Å²) in [6.07, 6.45) is 2.65. The van der Waals surface area contributed by atoms with Crippen molar-refractivity contribution in [3.05, 3.63) is 70.5 Å². The molecule has 0 unspecified atom stereocenters. The molecule has 0 aliphatic carbocycles. The topological polar surface area (TPSA) is 98.3 Å². The normalized spacial score (nSPS) is 10.5. The zero-order valence-corrected chi connectivity index (χ0v) is 14.4. The summed E-state index contributed by atoms with van der Waals surface area (Å²) < 4.78 is 7.95. The molecule has 3 rings (SSSR count). The molecule has 2 aromatic heterocycles. The molecule has 1 aromatic carbocycles. The van der Waals surface area contributed by atoms with Crippen LogP contribution in [0.3, 0.4) is 0 Å². The van der Waals surface area contributed by atoms with Gasteiger partial charge in [-0.15, -0.1) is 0 Å². The Morgan fingerprint density at radius 3 is 2.54 bits per heavy atom. The van der Waals surface area contributed by atoms with Crippen LogP contribution in [0.15, 0.2) is 58.1 Å². The predicted octanol–water partition coefficient (Wildman–Crippen LogP) is 1.45. The molecule has 0 radical (unpaired) electrons. The van der Waals surface area contributed by atoms with Crippen LogP contribution in [0.5, 0.6) is 0 Å². The smallest absolute Gasteiger partial charge is 0.295 e. The maximum atomic E-state index is 12.7. The number of amides is 2. The van der Waals surface area contributed by atoms with Crippen LogP contribution in [-0.2, 0) is 11.8 Å². The highest BCUT2D eigenvalue weighted by Gasteiger charge is 2.18. The van der Waals surface area contributed by atoms with Crippen molar-refractivity contribution in [2.45, 2.75) is 6.92 Å². The van der Waals surface area contributed by atoms with Crippen molar-refractivity contribution < 1.29 is 14.0 Å². The highest BCUT2D eigenvalue weighted by atomic mass is 16.3. The van der Waals surface area contributed by atoms with Crippen LogP contribution in [-0.4, -0.2) is 27.7 Å². The third-order valence-corrected chi connectivity index (χ3v) is 4.01. The second-order valence-electron chi connectivity index (χ2n) is 5.68. The van der Waals surface area contributed by atoms with E-state index in [-0.39, 0.29) is 17.8 Å². The van der Waals surface area contributed by atoms with Crippen molar-refractivity contribution in [2.75, 3.05) is 11.9 Å². The van der Waals surface area contributed by atoms with Gasteiger partial charge in [0.2, 0.25) is 5.91 Å². The molecule has 2 heterocycles. The minimum absolute atomic E-state index is 0.180. The van der Waals surface area contributed by atoms with E-state index in [9.17, 15) is 14.4 Å². The molecule has 2 amide bonds. The van der Waals surface area contributed by atoms with Crippen LogP contribution >= 0.6 is 0 Å². The van der Waals surface area contributed by atoms with Gasteiger partial charge in [0.25, 0.3) is 11.5 Å². The van der Waals surface area contributed by atoms with Gasteiger partial charge in [-0.1, -0.05) is 18.2 Å². The molecule has 0 fully saturated rings. The van der Waals surface area contributed by atoms with Gasteiger partial charge in [0.1, 0.15) is 12.0 Å². The standard InChI is InChI=1S/C18H18N4O4/c1-12-16(18(25)22(21(12)2)14-6-4-3-5-7-14)20-15(23)10-19-17(24)13-8-9-26-11-13/h3-9,11H,10H2,1-2H3,(H,19,24)(H,20,23). The Hall–Kier alpha value is -3.55. The third kappa shape index (κ3) is 3.30. The SMILES string of the molecule is Cc1c(NC(=O)CNC(=O)c2ccoc2)c(=O)n(-c2ccccc2)n1C. The summed E-state index contributed by atoms with van der Waals surface area (Å²) >= 11 is 0. The van der Waals surface area contributed by atoms with Crippen LogP contribution in [0.25, 0.3) is 5.69 Å². The first-order valence-electron chi connectivity index (χ1n) is 7.93. The monoisotopic (exact) mass is 354 g/mol. The molecule has 0 saturated heterocycles. The Bertz CT molecular complexity index is 984. The second-order valence-corrected chi connectivity index (χ2v) is 5.68. The summed E-state index contributed by atoms with van der Waals surface area (Å²) in [5, 5.41) is 5.05. The van der Waals surface area contributed by atoms with Gasteiger partial charge in [-0.05, 0) is 25.1 Å². The largest absolute Gasteiger partial charge is 0.472 e. The third-order valence-electron chi connectivity index (χ3n) is 4.01. The van der Waals surface area contributed by atoms with Crippen molar-refractivity contribution in [3.63, 3.8) is 0 Å². The van der Waals surface area contributed by atoms with Gasteiger partial charge < -0.3 is 15.1 Å². The Balaban J connectivity index is 1.75. The number of hydrogen-bond acceptors (Lipinski definition) is 4. The maximum absolute atomic E-state index is 12.7. The van der Waals surface area contributed by atoms with Gasteiger partial charge >= 0.3 is 0 Å². The number of furan rings is 1. The van der Waals surface area contributed by atoms with Gasteiger partial charge in [-0.3, -0.25) is 19.1 Å². The summed E-state index contributed by atoms with van der Waals surface area (Å²) in [6.45, 7) is 1.48. The summed E-state index contributed by atoms with van der Waals surface area (Å²) in [5.41, 5.74) is 1.45. The molecule has 3 aromatic rings. The minimum atomic E-state index is -0.493. The second kappa shape index (κ2) is 7.14. The van der Waals surface area contributed by atoms with E-state index in [1.165, 1.54) is 23.3 Å². The quantitative estimate of drug-likeness (QED) is 0.724. The molecule has 0 aliphatic heterocycles. The fourth-order valence-corrected chi connectivity index (χ4v) is 2.55. The highest BCUT2D eigenvalue weighted by Crippen LogP contribution is 2.13. The maximum Gasteiger partial charge on any atom is 0.295 e. The van der Waals surface area contributed by atoms with Crippen LogP contribution in [0, 0.1) is 6.92 Å². The number of nitrogens with one attached hydrogen (secondary N) is 2. The van der Waals surface area contributed by atoms with Crippen molar-refractivity contribution in [1.82, 2.24) is 14.7 Å². The Morgan fingerprint density at radius 1 is 1.15 bits per heavy atom. The van der Waals surface area contributed by atoms with E-state index in [0.717, 1.165) is 0 Å². The molecule has 0 spiro atoms. The fraction of sp³-hybridized carbons (Fsp3) is 0.167. The zero-order chi connectivity index (χ0) is 18.7. The number of hydrogen-bond donors (Lipinski definition) is 2. The molecule has 0 aliphatic rings. The lowest BCUT2D eigenvalue weighted by molar-refractivity contribution is -0.115. The molecule has 2 N–H and O–H groups in total. The number of benzene rings is 1. The van der Waals surface area contributed by atoms with Gasteiger partial charge in [-0.25, -0.2) is 4.68 Å². The lowest BCUT2D eigenvalue weighted by Crippen LogP contribution is -2.33. The summed E-state index contributed by atoms with van der Waals surface area (Å²) in [6, 6.07) is 10.6. The lowest BCUT2D eigenvalue weighted by atomic mass is 10.3. The average Bonchev–Trinajstić information content (AvgIpc) is 3.25. The number of anilines is 1. The van der Waals surface area contributed by atoms with Crippen molar-refractivity contribution in [1.29, 1.82) is 0 Å². The number of rotatable bonds is 5. The molecular formula is C18H18N4O4. The summed E-state index contributed by atoms with van der Waals surface area (Å²) in [4.78, 5) is 36.7. The summed E-state index contributed by atoms with van der Waals surface area (Å²) in [7, 11) is 1.74. The number of carbonyl (C=O) groups excluding carboxylic acids is 2. The van der Waals surface area contributed by atoms with E-state index < -0.39 is 11.8 Å².